The Balaban J connectivity index is 3.01. The minimum absolute atomic E-state index is 0.0338. The maximum Gasteiger partial charge on any atom is 0.341 e. The summed E-state index contributed by atoms with van der Waals surface area (Å²) in [7, 11) is 0. The van der Waals surface area contributed by atoms with Crippen molar-refractivity contribution in [1.82, 2.24) is 15.3 Å². The molecule has 0 aromatic carbocycles. The van der Waals surface area contributed by atoms with Crippen molar-refractivity contribution < 1.29 is 9.59 Å². The third kappa shape index (κ3) is 4.76. The summed E-state index contributed by atoms with van der Waals surface area (Å²) in [5.74, 6) is -1.22. The van der Waals surface area contributed by atoms with E-state index in [1.54, 1.807) is 0 Å². The molecule has 0 aliphatic carbocycles. The first-order valence-electron chi connectivity index (χ1n) is 5.75. The van der Waals surface area contributed by atoms with E-state index in [9.17, 15) is 9.59 Å². The molecule has 114 valence electrons. The minimum Gasteiger partial charge on any atom is -0.382 e. The molecule has 1 aromatic rings. The lowest BCUT2D eigenvalue weighted by atomic mass is 10.3. The third-order valence-electron chi connectivity index (χ3n) is 1.99. The number of aliphatic imine (C=N–C) groups is 1. The molecule has 0 saturated heterocycles. The number of aromatic nitrogens is 2. The Bertz CT molecular complexity index is 601. The van der Waals surface area contributed by atoms with Crippen molar-refractivity contribution >= 4 is 41.1 Å². The van der Waals surface area contributed by atoms with E-state index in [-0.39, 0.29) is 28.5 Å². The van der Waals surface area contributed by atoms with Gasteiger partial charge >= 0.3 is 6.03 Å². The van der Waals surface area contributed by atoms with Crippen LogP contribution in [-0.2, 0) is 0 Å². The van der Waals surface area contributed by atoms with Gasteiger partial charge in [0.1, 0.15) is 0 Å². The number of guanidine groups is 1. The van der Waals surface area contributed by atoms with E-state index in [2.05, 4.69) is 25.6 Å². The summed E-state index contributed by atoms with van der Waals surface area (Å²) in [5.41, 5.74) is 15.5. The van der Waals surface area contributed by atoms with Crippen molar-refractivity contribution in [1.29, 1.82) is 0 Å². The van der Waals surface area contributed by atoms with Gasteiger partial charge in [0.2, 0.25) is 5.96 Å². The summed E-state index contributed by atoms with van der Waals surface area (Å²) in [5, 5.41) is 4.97. The molecule has 21 heavy (non-hydrogen) atoms. The second-order valence-corrected chi connectivity index (χ2v) is 4.54. The summed E-state index contributed by atoms with van der Waals surface area (Å²) in [6, 6.07) is -1.00. The molecule has 0 aliphatic heterocycles. The number of rotatable bonds is 3. The Morgan fingerprint density at radius 3 is 2.43 bits per heavy atom. The van der Waals surface area contributed by atoms with Gasteiger partial charge in [-0.05, 0) is 13.8 Å². The Morgan fingerprint density at radius 1 is 1.29 bits per heavy atom. The van der Waals surface area contributed by atoms with E-state index >= 15 is 0 Å². The molecule has 0 aliphatic rings. The van der Waals surface area contributed by atoms with Gasteiger partial charge in [0.25, 0.3) is 5.91 Å². The van der Waals surface area contributed by atoms with Crippen LogP contribution < -0.4 is 27.8 Å². The zero-order valence-electron chi connectivity index (χ0n) is 11.3. The normalized spacial score (nSPS) is 11.3. The van der Waals surface area contributed by atoms with Crippen molar-refractivity contribution in [2.24, 2.45) is 16.5 Å². The van der Waals surface area contributed by atoms with Crippen LogP contribution in [0.4, 0.5) is 16.4 Å². The predicted octanol–water partition coefficient (Wildman–Crippen LogP) is -0.344. The number of urea groups is 1. The number of nitrogens with one attached hydrogen (secondary N) is 2. The molecule has 0 unspecified atom stereocenters. The Morgan fingerprint density at radius 2 is 1.90 bits per heavy atom. The van der Waals surface area contributed by atoms with E-state index in [4.69, 9.17) is 28.8 Å². The summed E-state index contributed by atoms with van der Waals surface area (Å²) in [6.07, 6.45) is 0. The van der Waals surface area contributed by atoms with E-state index in [1.165, 1.54) is 0 Å². The first-order chi connectivity index (χ1) is 9.70. The molecule has 0 saturated carbocycles. The van der Waals surface area contributed by atoms with Gasteiger partial charge < -0.3 is 22.5 Å². The Labute approximate surface area is 125 Å². The predicted molar refractivity (Wildman–Crippen MR) is 78.9 cm³/mol. The van der Waals surface area contributed by atoms with Gasteiger partial charge in [-0.1, -0.05) is 11.6 Å². The number of carbonyl (C=O) groups excluding carboxylic acids is 2. The van der Waals surface area contributed by atoms with Gasteiger partial charge in [0, 0.05) is 6.04 Å². The second-order valence-electron chi connectivity index (χ2n) is 4.19. The fourth-order valence-electron chi connectivity index (χ4n) is 1.28. The van der Waals surface area contributed by atoms with Gasteiger partial charge in [0.05, 0.1) is 0 Å². The molecule has 0 bridgehead atoms. The van der Waals surface area contributed by atoms with Crippen LogP contribution in [0.1, 0.15) is 24.3 Å². The minimum atomic E-state index is -1.05. The Kier molecular flexibility index (Phi) is 5.24. The van der Waals surface area contributed by atoms with Gasteiger partial charge in [0.15, 0.2) is 22.5 Å². The fourth-order valence-corrected chi connectivity index (χ4v) is 1.46. The molecule has 0 fully saturated rings. The number of amides is 3. The standard InChI is InChI=1S/C10H15ClN8O2/c1-3(2)15-7-5(11)16-4(6(12)17-7)8(20)18-9(13)19-10(14)21/h3H,1-2H3,(H3,12,15,17)(H5,13,14,18,19,20,21). The zero-order valence-corrected chi connectivity index (χ0v) is 12.1. The van der Waals surface area contributed by atoms with Gasteiger partial charge in [-0.3, -0.25) is 10.1 Å². The van der Waals surface area contributed by atoms with Crippen molar-refractivity contribution in [3.63, 3.8) is 0 Å². The molecule has 1 heterocycles. The lowest BCUT2D eigenvalue weighted by Crippen LogP contribution is -2.38. The van der Waals surface area contributed by atoms with Crippen molar-refractivity contribution in [3.8, 4) is 0 Å². The maximum absolute atomic E-state index is 11.9. The number of anilines is 2. The molecule has 1 aromatic heterocycles. The molecule has 10 nitrogen and oxygen atoms in total. The van der Waals surface area contributed by atoms with Crippen LogP contribution in [0, 0.1) is 0 Å². The number of hydrogen-bond donors (Lipinski definition) is 5. The lowest BCUT2D eigenvalue weighted by Gasteiger charge is -2.12. The molecule has 0 spiro atoms. The molecular weight excluding hydrogens is 300 g/mol. The third-order valence-corrected chi connectivity index (χ3v) is 2.26. The molecule has 1 rings (SSSR count). The average molecular weight is 315 g/mol. The average Bonchev–Trinajstić information content (AvgIpc) is 2.31. The van der Waals surface area contributed by atoms with Crippen molar-refractivity contribution in [2.75, 3.05) is 11.1 Å². The summed E-state index contributed by atoms with van der Waals surface area (Å²) in [6.45, 7) is 3.74. The van der Waals surface area contributed by atoms with Crippen LogP contribution in [0.3, 0.4) is 0 Å². The Hall–Kier alpha value is -2.62. The molecular formula is C10H15ClN8O2. The summed E-state index contributed by atoms with van der Waals surface area (Å²) >= 11 is 5.90. The SMILES string of the molecule is CC(C)Nc1nc(N)c(C(=O)NC(N)=NC(N)=O)nc1Cl. The molecule has 0 atom stereocenters. The van der Waals surface area contributed by atoms with Gasteiger partial charge in [-0.2, -0.15) is 4.99 Å². The van der Waals surface area contributed by atoms with E-state index in [0.717, 1.165) is 0 Å². The first kappa shape index (κ1) is 16.4. The van der Waals surface area contributed by atoms with Crippen LogP contribution in [0.2, 0.25) is 5.15 Å². The van der Waals surface area contributed by atoms with Crippen LogP contribution in [0.15, 0.2) is 4.99 Å². The topological polar surface area (TPSA) is 174 Å². The molecule has 3 amide bonds. The van der Waals surface area contributed by atoms with E-state index in [1.807, 2.05) is 13.8 Å². The number of hydrogen-bond acceptors (Lipinski definition) is 6. The maximum atomic E-state index is 11.9. The van der Waals surface area contributed by atoms with Crippen LogP contribution in [0.25, 0.3) is 0 Å². The number of nitrogens with two attached hydrogens (primary N) is 3. The smallest absolute Gasteiger partial charge is 0.341 e. The molecule has 11 heteroatoms. The quantitative estimate of drug-likeness (QED) is 0.374. The molecule has 0 radical (unpaired) electrons. The number of nitrogen functional groups attached to an aromatic ring is 1. The van der Waals surface area contributed by atoms with Crippen LogP contribution in [0.5, 0.6) is 0 Å². The van der Waals surface area contributed by atoms with E-state index in [0.29, 0.717) is 0 Å². The molecule has 8 N–H and O–H groups in total. The number of nitrogens with zero attached hydrogens (tertiary/aromatic N) is 3. The van der Waals surface area contributed by atoms with Gasteiger partial charge in [-0.25, -0.2) is 14.8 Å². The highest BCUT2D eigenvalue weighted by Gasteiger charge is 2.18. The highest BCUT2D eigenvalue weighted by molar-refractivity contribution is 6.32. The highest BCUT2D eigenvalue weighted by Crippen LogP contribution is 2.21. The lowest BCUT2D eigenvalue weighted by molar-refractivity contribution is 0.0972. The second kappa shape index (κ2) is 6.70. The van der Waals surface area contributed by atoms with Crippen LogP contribution in [-0.4, -0.2) is 33.9 Å². The number of halogens is 1. The largest absolute Gasteiger partial charge is 0.382 e. The monoisotopic (exact) mass is 314 g/mol. The van der Waals surface area contributed by atoms with Gasteiger partial charge in [-0.15, -0.1) is 0 Å². The van der Waals surface area contributed by atoms with E-state index < -0.39 is 17.9 Å². The van der Waals surface area contributed by atoms with Crippen molar-refractivity contribution in [3.05, 3.63) is 10.8 Å². The number of carbonyl (C=O) groups is 2. The zero-order chi connectivity index (χ0) is 16.2. The summed E-state index contributed by atoms with van der Waals surface area (Å²) < 4.78 is 0. The highest BCUT2D eigenvalue weighted by atomic mass is 35.5. The first-order valence-corrected chi connectivity index (χ1v) is 6.13. The van der Waals surface area contributed by atoms with Crippen molar-refractivity contribution in [2.45, 2.75) is 19.9 Å². The fraction of sp³-hybridized carbons (Fsp3) is 0.300. The summed E-state index contributed by atoms with van der Waals surface area (Å²) in [4.78, 5) is 33.3. The van der Waals surface area contributed by atoms with Crippen LogP contribution >= 0.6 is 11.6 Å². The number of primary amides is 1.